The monoisotopic (exact) mass is 369 g/mol. The van der Waals surface area contributed by atoms with Crippen molar-refractivity contribution >= 4 is 34.1 Å². The molecule has 5 nitrogen and oxygen atoms in total. The van der Waals surface area contributed by atoms with Crippen molar-refractivity contribution in [3.63, 3.8) is 0 Å². The zero-order valence-electron chi connectivity index (χ0n) is 13.8. The van der Waals surface area contributed by atoms with E-state index in [1.807, 2.05) is 0 Å². The van der Waals surface area contributed by atoms with Gasteiger partial charge in [-0.3, -0.25) is 10.1 Å². The van der Waals surface area contributed by atoms with Crippen LogP contribution in [-0.4, -0.2) is 28.0 Å². The van der Waals surface area contributed by atoms with Gasteiger partial charge in [0.2, 0.25) is 5.13 Å². The fraction of sp³-hybridized carbons (Fsp3) is 0.438. The molecular weight excluding hydrogens is 349 g/mol. The molecule has 1 aromatic carbocycles. The van der Waals surface area contributed by atoms with Crippen molar-refractivity contribution in [3.8, 4) is 5.75 Å². The largest absolute Gasteiger partial charge is 0.478 e. The summed E-state index contributed by atoms with van der Waals surface area (Å²) in [5, 5.41) is 11.1. The Kier molecular flexibility index (Phi) is 6.99. The number of thioether (sulfide) groups is 1. The van der Waals surface area contributed by atoms with Crippen molar-refractivity contribution in [2.24, 2.45) is 5.92 Å². The lowest BCUT2D eigenvalue weighted by Gasteiger charge is -2.16. The predicted octanol–water partition coefficient (Wildman–Crippen LogP) is 4.22. The summed E-state index contributed by atoms with van der Waals surface area (Å²) in [4.78, 5) is 12.3. The summed E-state index contributed by atoms with van der Waals surface area (Å²) in [6, 6.07) is 6.02. The van der Waals surface area contributed by atoms with E-state index in [0.717, 1.165) is 10.1 Å². The fourth-order valence-corrected chi connectivity index (χ4v) is 3.49. The van der Waals surface area contributed by atoms with E-state index in [2.05, 4.69) is 29.4 Å². The smallest absolute Gasteiger partial charge is 0.267 e. The highest BCUT2D eigenvalue weighted by molar-refractivity contribution is 8.01. The van der Waals surface area contributed by atoms with Crippen LogP contribution in [0.1, 0.15) is 27.2 Å². The van der Waals surface area contributed by atoms with Crippen molar-refractivity contribution in [3.05, 3.63) is 30.1 Å². The molecule has 0 saturated carbocycles. The Hall–Kier alpha value is -1.67. The molecule has 2 aromatic rings. The lowest BCUT2D eigenvalue weighted by Crippen LogP contribution is -2.32. The first-order valence-electron chi connectivity index (χ1n) is 7.68. The maximum atomic E-state index is 13.7. The van der Waals surface area contributed by atoms with Crippen molar-refractivity contribution in [2.45, 2.75) is 37.6 Å². The van der Waals surface area contributed by atoms with Crippen LogP contribution in [0.3, 0.4) is 0 Å². The van der Waals surface area contributed by atoms with E-state index >= 15 is 0 Å². The quantitative estimate of drug-likeness (QED) is 0.557. The molecule has 1 N–H and O–H groups in total. The zero-order valence-corrected chi connectivity index (χ0v) is 15.4. The summed E-state index contributed by atoms with van der Waals surface area (Å²) in [5.41, 5.74) is 0. The van der Waals surface area contributed by atoms with Gasteiger partial charge in [0.15, 0.2) is 22.0 Å². The third kappa shape index (κ3) is 5.45. The Balaban J connectivity index is 1.95. The second-order valence-electron chi connectivity index (χ2n) is 5.51. The highest BCUT2D eigenvalue weighted by atomic mass is 32.2. The molecule has 24 heavy (non-hydrogen) atoms. The van der Waals surface area contributed by atoms with Gasteiger partial charge in [0.05, 0.1) is 0 Å². The predicted molar refractivity (Wildman–Crippen MR) is 95.2 cm³/mol. The Morgan fingerprint density at radius 3 is 2.79 bits per heavy atom. The van der Waals surface area contributed by atoms with Crippen LogP contribution in [0.15, 0.2) is 28.6 Å². The van der Waals surface area contributed by atoms with Gasteiger partial charge in [-0.1, -0.05) is 56.0 Å². The fourth-order valence-electron chi connectivity index (χ4n) is 1.76. The van der Waals surface area contributed by atoms with Crippen LogP contribution in [-0.2, 0) is 4.79 Å². The van der Waals surface area contributed by atoms with Crippen molar-refractivity contribution < 1.29 is 13.9 Å². The molecule has 0 fully saturated rings. The van der Waals surface area contributed by atoms with Gasteiger partial charge in [0.25, 0.3) is 5.91 Å². The zero-order chi connectivity index (χ0) is 17.5. The van der Waals surface area contributed by atoms with Crippen molar-refractivity contribution in [2.75, 3.05) is 11.1 Å². The number of halogens is 1. The molecule has 1 aromatic heterocycles. The summed E-state index contributed by atoms with van der Waals surface area (Å²) >= 11 is 2.93. The summed E-state index contributed by atoms with van der Waals surface area (Å²) in [5.74, 6) is 0.696. The normalized spacial score (nSPS) is 12.2. The van der Waals surface area contributed by atoms with E-state index in [9.17, 15) is 9.18 Å². The number of rotatable bonds is 8. The SMILES string of the molecule is CC[C@@H](Oc1ccccc1F)C(=O)Nc1nnc(SCC(C)C)s1. The van der Waals surface area contributed by atoms with Crippen LogP contribution in [0.4, 0.5) is 9.52 Å². The number of carbonyl (C=O) groups excluding carboxylic acids is 1. The molecule has 8 heteroatoms. The average molecular weight is 369 g/mol. The number of ether oxygens (including phenoxy) is 1. The second-order valence-corrected chi connectivity index (χ2v) is 7.76. The average Bonchev–Trinajstić information content (AvgIpc) is 2.99. The number of aromatic nitrogens is 2. The standard InChI is InChI=1S/C16H20FN3O2S2/c1-4-12(22-13-8-6-5-7-11(13)17)14(21)18-15-19-20-16(24-15)23-9-10(2)3/h5-8,10,12H,4,9H2,1-3H3,(H,18,19,21)/t12-/m1/s1. The summed E-state index contributed by atoms with van der Waals surface area (Å²) in [6.45, 7) is 6.06. The second kappa shape index (κ2) is 8.98. The Labute approximate surface area is 149 Å². The maximum absolute atomic E-state index is 13.7. The van der Waals surface area contributed by atoms with Crippen LogP contribution in [0.2, 0.25) is 0 Å². The number of hydrogen-bond acceptors (Lipinski definition) is 6. The number of nitrogens with zero attached hydrogens (tertiary/aromatic N) is 2. The molecule has 0 saturated heterocycles. The minimum atomic E-state index is -0.794. The lowest BCUT2D eigenvalue weighted by atomic mass is 10.2. The Morgan fingerprint density at radius 2 is 2.12 bits per heavy atom. The van der Waals surface area contributed by atoms with E-state index in [1.165, 1.54) is 23.5 Å². The van der Waals surface area contributed by atoms with Gasteiger partial charge in [-0.25, -0.2) is 4.39 Å². The highest BCUT2D eigenvalue weighted by Gasteiger charge is 2.21. The number of carbonyl (C=O) groups is 1. The molecule has 0 bridgehead atoms. The third-order valence-corrected chi connectivity index (χ3v) is 5.34. The van der Waals surface area contributed by atoms with E-state index in [1.54, 1.807) is 30.8 Å². The molecule has 1 amide bonds. The number of hydrogen-bond donors (Lipinski definition) is 1. The first kappa shape index (κ1) is 18.7. The number of benzene rings is 1. The van der Waals surface area contributed by atoms with Gasteiger partial charge in [-0.15, -0.1) is 10.2 Å². The Morgan fingerprint density at radius 1 is 1.38 bits per heavy atom. The van der Waals surface area contributed by atoms with Gasteiger partial charge in [-0.05, 0) is 24.5 Å². The van der Waals surface area contributed by atoms with Gasteiger partial charge in [-0.2, -0.15) is 0 Å². The molecule has 0 aliphatic heterocycles. The number of para-hydroxylation sites is 1. The molecule has 0 aliphatic rings. The first-order chi connectivity index (χ1) is 11.5. The number of anilines is 1. The summed E-state index contributed by atoms with van der Waals surface area (Å²) < 4.78 is 19.9. The molecular formula is C16H20FN3O2S2. The minimum Gasteiger partial charge on any atom is -0.478 e. The topological polar surface area (TPSA) is 64.1 Å². The van der Waals surface area contributed by atoms with Crippen LogP contribution in [0.25, 0.3) is 0 Å². The molecule has 1 atom stereocenters. The van der Waals surface area contributed by atoms with Crippen molar-refractivity contribution in [1.29, 1.82) is 0 Å². The first-order valence-corrected chi connectivity index (χ1v) is 9.48. The minimum absolute atomic E-state index is 0.0601. The van der Waals surface area contributed by atoms with Crippen LogP contribution in [0.5, 0.6) is 5.75 Å². The van der Waals surface area contributed by atoms with E-state index in [-0.39, 0.29) is 11.7 Å². The maximum Gasteiger partial charge on any atom is 0.267 e. The molecule has 0 spiro atoms. The number of nitrogens with one attached hydrogen (secondary N) is 1. The highest BCUT2D eigenvalue weighted by Crippen LogP contribution is 2.27. The van der Waals surface area contributed by atoms with Gasteiger partial charge < -0.3 is 4.74 Å². The number of amides is 1. The van der Waals surface area contributed by atoms with Crippen LogP contribution < -0.4 is 10.1 Å². The lowest BCUT2D eigenvalue weighted by molar-refractivity contribution is -0.122. The summed E-state index contributed by atoms with van der Waals surface area (Å²) in [7, 11) is 0. The third-order valence-electron chi connectivity index (χ3n) is 2.95. The van der Waals surface area contributed by atoms with E-state index < -0.39 is 11.9 Å². The van der Waals surface area contributed by atoms with Crippen LogP contribution in [0, 0.1) is 11.7 Å². The Bertz CT molecular complexity index is 679. The molecule has 130 valence electrons. The molecule has 0 radical (unpaired) electrons. The molecule has 1 heterocycles. The molecule has 0 unspecified atom stereocenters. The van der Waals surface area contributed by atoms with Crippen molar-refractivity contribution in [1.82, 2.24) is 10.2 Å². The van der Waals surface area contributed by atoms with E-state index in [0.29, 0.717) is 17.5 Å². The summed E-state index contributed by atoms with van der Waals surface area (Å²) in [6.07, 6.45) is -0.383. The van der Waals surface area contributed by atoms with Gasteiger partial charge in [0, 0.05) is 5.75 Å². The van der Waals surface area contributed by atoms with E-state index in [4.69, 9.17) is 4.74 Å². The van der Waals surface area contributed by atoms with Gasteiger partial charge >= 0.3 is 0 Å². The molecule has 2 rings (SSSR count). The van der Waals surface area contributed by atoms with Crippen LogP contribution >= 0.6 is 23.1 Å². The van der Waals surface area contributed by atoms with Gasteiger partial charge in [0.1, 0.15) is 0 Å². The molecule has 0 aliphatic carbocycles.